The number of aromatic nitrogens is 2. The van der Waals surface area contributed by atoms with Gasteiger partial charge in [-0.25, -0.2) is 4.68 Å². The molecule has 0 saturated heterocycles. The minimum atomic E-state index is -4.42. The molecule has 2 aromatic rings. The van der Waals surface area contributed by atoms with Crippen LogP contribution in [0, 0.1) is 0 Å². The maximum absolute atomic E-state index is 12.5. The summed E-state index contributed by atoms with van der Waals surface area (Å²) in [5, 5.41) is 4.10. The van der Waals surface area contributed by atoms with Crippen LogP contribution in [0.15, 0.2) is 24.3 Å². The Morgan fingerprint density at radius 1 is 1.33 bits per heavy atom. The number of alkyl halides is 3. The average molecular weight is 319 g/mol. The number of rotatable bonds is 4. The van der Waals surface area contributed by atoms with Crippen LogP contribution in [-0.2, 0) is 17.5 Å². The Bertz CT molecular complexity index is 651. The van der Waals surface area contributed by atoms with Gasteiger partial charge in [0, 0.05) is 7.11 Å². The average Bonchev–Trinajstić information content (AvgIpc) is 2.74. The van der Waals surface area contributed by atoms with Gasteiger partial charge in [0.15, 0.2) is 6.29 Å². The van der Waals surface area contributed by atoms with E-state index in [1.807, 2.05) is 0 Å². The van der Waals surface area contributed by atoms with Gasteiger partial charge in [-0.05, 0) is 24.3 Å². The molecule has 8 heteroatoms. The first-order chi connectivity index (χ1) is 9.88. The smallest absolute Gasteiger partial charge is 0.378 e. The molecule has 1 heterocycles. The third-order valence-electron chi connectivity index (χ3n) is 2.78. The van der Waals surface area contributed by atoms with Gasteiger partial charge in [0.1, 0.15) is 10.8 Å². The minimum absolute atomic E-state index is 0.0248. The van der Waals surface area contributed by atoms with Crippen LogP contribution in [0.25, 0.3) is 5.69 Å². The first-order valence-electron chi connectivity index (χ1n) is 5.77. The number of nitrogens with zero attached hydrogens (tertiary/aromatic N) is 2. The van der Waals surface area contributed by atoms with Crippen molar-refractivity contribution in [2.45, 2.75) is 12.8 Å². The van der Waals surface area contributed by atoms with Crippen LogP contribution < -0.4 is 0 Å². The van der Waals surface area contributed by atoms with Crippen LogP contribution in [0.2, 0.25) is 5.15 Å². The summed E-state index contributed by atoms with van der Waals surface area (Å²) in [7, 11) is 1.43. The third-order valence-corrected chi connectivity index (χ3v) is 3.14. The van der Waals surface area contributed by atoms with Crippen LogP contribution in [-0.4, -0.2) is 23.2 Å². The maximum Gasteiger partial charge on any atom is 0.416 e. The van der Waals surface area contributed by atoms with Gasteiger partial charge < -0.3 is 4.74 Å². The molecular weight excluding hydrogens is 309 g/mol. The fourth-order valence-electron chi connectivity index (χ4n) is 1.77. The molecule has 1 aromatic carbocycles. The highest BCUT2D eigenvalue weighted by atomic mass is 35.5. The Balaban J connectivity index is 2.45. The predicted molar refractivity (Wildman–Crippen MR) is 69.7 cm³/mol. The van der Waals surface area contributed by atoms with Crippen molar-refractivity contribution in [1.29, 1.82) is 0 Å². The first kappa shape index (κ1) is 15.5. The molecule has 2 rings (SSSR count). The van der Waals surface area contributed by atoms with Crippen molar-refractivity contribution in [1.82, 2.24) is 9.78 Å². The normalized spacial score (nSPS) is 11.7. The van der Waals surface area contributed by atoms with Gasteiger partial charge in [0.2, 0.25) is 0 Å². The third kappa shape index (κ3) is 3.08. The van der Waals surface area contributed by atoms with Crippen LogP contribution in [0.1, 0.15) is 21.6 Å². The summed E-state index contributed by atoms with van der Waals surface area (Å²) in [4.78, 5) is 11.0. The van der Waals surface area contributed by atoms with E-state index in [0.717, 1.165) is 12.1 Å². The second-order valence-corrected chi connectivity index (χ2v) is 4.52. The fourth-order valence-corrected chi connectivity index (χ4v) is 2.06. The Morgan fingerprint density at radius 3 is 2.43 bits per heavy atom. The van der Waals surface area contributed by atoms with Crippen molar-refractivity contribution in [2.75, 3.05) is 7.11 Å². The molecule has 1 aromatic heterocycles. The second-order valence-electron chi connectivity index (χ2n) is 4.16. The molecule has 0 fully saturated rings. The summed E-state index contributed by atoms with van der Waals surface area (Å²) >= 11 is 6.02. The van der Waals surface area contributed by atoms with Gasteiger partial charge in [-0.15, -0.1) is 0 Å². The fraction of sp³-hybridized carbons (Fsp3) is 0.231. The molecule has 21 heavy (non-hydrogen) atoms. The molecule has 0 unspecified atom stereocenters. The molecule has 112 valence electrons. The molecule has 4 nitrogen and oxygen atoms in total. The molecule has 0 spiro atoms. The van der Waals surface area contributed by atoms with E-state index in [1.54, 1.807) is 0 Å². The van der Waals surface area contributed by atoms with E-state index in [9.17, 15) is 18.0 Å². The SMILES string of the molecule is COCc1nn(-c2ccc(C(F)(F)F)cc2)c(Cl)c1C=O. The van der Waals surface area contributed by atoms with Gasteiger partial charge in [0.05, 0.1) is 23.4 Å². The largest absolute Gasteiger partial charge is 0.416 e. The number of benzene rings is 1. The first-order valence-corrected chi connectivity index (χ1v) is 6.15. The van der Waals surface area contributed by atoms with Gasteiger partial charge in [-0.3, -0.25) is 4.79 Å². The van der Waals surface area contributed by atoms with E-state index in [0.29, 0.717) is 17.7 Å². The molecule has 0 N–H and O–H groups in total. The van der Waals surface area contributed by atoms with Crippen molar-refractivity contribution < 1.29 is 22.7 Å². The molecule has 0 atom stereocenters. The van der Waals surface area contributed by atoms with Crippen LogP contribution in [0.4, 0.5) is 13.2 Å². The number of ether oxygens (including phenoxy) is 1. The van der Waals surface area contributed by atoms with Gasteiger partial charge in [-0.2, -0.15) is 18.3 Å². The quantitative estimate of drug-likeness (QED) is 0.810. The standard InChI is InChI=1S/C13H10ClF3N2O2/c1-21-7-11-10(6-20)12(14)19(18-11)9-4-2-8(3-5-9)13(15,16)17/h2-6H,7H2,1H3. The number of carbonyl (C=O) groups is 1. The number of halogens is 4. The van der Waals surface area contributed by atoms with Gasteiger partial charge in [0.25, 0.3) is 0 Å². The number of carbonyl (C=O) groups excluding carboxylic acids is 1. The minimum Gasteiger partial charge on any atom is -0.378 e. The summed E-state index contributed by atoms with van der Waals surface area (Å²) in [5.41, 5.74) is 0.0107. The lowest BCUT2D eigenvalue weighted by Crippen LogP contribution is -2.05. The molecular formula is C13H10ClF3N2O2. The summed E-state index contributed by atoms with van der Waals surface area (Å²) in [5.74, 6) is 0. The summed E-state index contributed by atoms with van der Waals surface area (Å²) in [6.45, 7) is 0.0709. The molecule has 0 radical (unpaired) electrons. The number of hydrogen-bond donors (Lipinski definition) is 0. The Hall–Kier alpha value is -1.86. The van der Waals surface area contributed by atoms with E-state index in [2.05, 4.69) is 5.10 Å². The van der Waals surface area contributed by atoms with Crippen molar-refractivity contribution in [2.24, 2.45) is 0 Å². The lowest BCUT2D eigenvalue weighted by molar-refractivity contribution is -0.137. The van der Waals surface area contributed by atoms with E-state index in [4.69, 9.17) is 16.3 Å². The monoisotopic (exact) mass is 318 g/mol. The van der Waals surface area contributed by atoms with Crippen molar-refractivity contribution in [3.63, 3.8) is 0 Å². The highest BCUT2D eigenvalue weighted by Crippen LogP contribution is 2.30. The second kappa shape index (κ2) is 5.87. The highest BCUT2D eigenvalue weighted by molar-refractivity contribution is 6.32. The van der Waals surface area contributed by atoms with Crippen LogP contribution in [0.3, 0.4) is 0 Å². The van der Waals surface area contributed by atoms with Gasteiger partial charge in [-0.1, -0.05) is 11.6 Å². The lowest BCUT2D eigenvalue weighted by atomic mass is 10.2. The van der Waals surface area contributed by atoms with Crippen molar-refractivity contribution in [3.8, 4) is 5.69 Å². The zero-order valence-corrected chi connectivity index (χ0v) is 11.6. The molecule has 0 aliphatic heterocycles. The van der Waals surface area contributed by atoms with Crippen LogP contribution >= 0.6 is 11.6 Å². The molecule has 0 aliphatic carbocycles. The Kier molecular flexibility index (Phi) is 4.34. The van der Waals surface area contributed by atoms with Gasteiger partial charge >= 0.3 is 6.18 Å². The van der Waals surface area contributed by atoms with Crippen molar-refractivity contribution >= 4 is 17.9 Å². The Morgan fingerprint density at radius 2 is 1.95 bits per heavy atom. The number of methoxy groups -OCH3 is 1. The van der Waals surface area contributed by atoms with Crippen molar-refractivity contribution in [3.05, 3.63) is 46.2 Å². The van der Waals surface area contributed by atoms with E-state index < -0.39 is 11.7 Å². The van der Waals surface area contributed by atoms with Crippen LogP contribution in [0.5, 0.6) is 0 Å². The van der Waals surface area contributed by atoms with E-state index in [1.165, 1.54) is 23.9 Å². The highest BCUT2D eigenvalue weighted by Gasteiger charge is 2.30. The zero-order valence-electron chi connectivity index (χ0n) is 10.8. The summed E-state index contributed by atoms with van der Waals surface area (Å²) < 4.78 is 43.6. The summed E-state index contributed by atoms with van der Waals surface area (Å²) in [6, 6.07) is 4.30. The Labute approximate surface area is 123 Å². The van der Waals surface area contributed by atoms with E-state index >= 15 is 0 Å². The zero-order chi connectivity index (χ0) is 15.6. The molecule has 0 bridgehead atoms. The predicted octanol–water partition coefficient (Wildman–Crippen LogP) is 3.50. The van der Waals surface area contributed by atoms with E-state index in [-0.39, 0.29) is 17.3 Å². The summed E-state index contributed by atoms with van der Waals surface area (Å²) in [6.07, 6.45) is -3.88. The molecule has 0 aliphatic rings. The topological polar surface area (TPSA) is 44.1 Å². The maximum atomic E-state index is 12.5. The number of aldehydes is 1. The lowest BCUT2D eigenvalue weighted by Gasteiger charge is -2.08. The molecule has 0 saturated carbocycles. The number of hydrogen-bond acceptors (Lipinski definition) is 3. The molecule has 0 amide bonds.